The van der Waals surface area contributed by atoms with Crippen LogP contribution in [0, 0.1) is 5.92 Å². The lowest BCUT2D eigenvalue weighted by Crippen LogP contribution is -2.57. The number of aromatic nitrogens is 1. The molecule has 5 atom stereocenters. The largest absolute Gasteiger partial charge is 0.508 e. The Morgan fingerprint density at radius 3 is 1.85 bits per heavy atom. The number of guanidine groups is 2. The van der Waals surface area contributed by atoms with Crippen molar-refractivity contribution in [3.8, 4) is 5.75 Å². The summed E-state index contributed by atoms with van der Waals surface area (Å²) in [5, 5.41) is 33.2. The molecular formula is C40H59N13O8. The smallest absolute Gasteiger partial charge is 0.326 e. The summed E-state index contributed by atoms with van der Waals surface area (Å²) in [6, 6.07) is 7.52. The Morgan fingerprint density at radius 1 is 0.705 bits per heavy atom. The van der Waals surface area contributed by atoms with Crippen molar-refractivity contribution in [2.24, 2.45) is 44.6 Å². The number of carbonyl (C=O) groups excluding carboxylic acids is 5. The quantitative estimate of drug-likeness (QED) is 0.0257. The minimum atomic E-state index is -1.26. The van der Waals surface area contributed by atoms with E-state index in [1.165, 1.54) is 12.1 Å². The van der Waals surface area contributed by atoms with Gasteiger partial charge in [0, 0.05) is 36.6 Å². The molecule has 0 spiro atoms. The number of aliphatic imine (C=N–C) groups is 2. The maximum Gasteiger partial charge on any atom is 0.326 e. The molecule has 0 radical (unpaired) electrons. The van der Waals surface area contributed by atoms with Gasteiger partial charge in [0.15, 0.2) is 11.9 Å². The molecule has 3 rings (SSSR count). The number of aromatic amines is 1. The van der Waals surface area contributed by atoms with Gasteiger partial charge in [-0.3, -0.25) is 34.0 Å². The molecule has 0 aliphatic heterocycles. The summed E-state index contributed by atoms with van der Waals surface area (Å²) in [4.78, 5) is 90.4. The predicted octanol–water partition coefficient (Wildman–Crippen LogP) is -1.72. The molecule has 0 bridgehead atoms. The third kappa shape index (κ3) is 17.1. The van der Waals surface area contributed by atoms with Crippen molar-refractivity contribution in [2.45, 2.75) is 89.0 Å². The summed E-state index contributed by atoms with van der Waals surface area (Å²) in [6.07, 6.45) is 2.48. The number of benzene rings is 2. The highest BCUT2D eigenvalue weighted by Crippen LogP contribution is 2.19. The highest BCUT2D eigenvalue weighted by molar-refractivity contribution is 5.95. The SMILES string of the molecule is CC(C)C[C@H](NC(=O)[C@H](CCCN=C(N)N)NC(=O)CNC(=O)[C@H](CCCN=C(N)N)NC(=O)[C@H](Cc1ccc(O)cc1)NC(=O)[C@@H](N)Cc1c[nH]c2ccccc12)C(=O)O. The number of carbonyl (C=O) groups is 6. The van der Waals surface area contributed by atoms with Crippen molar-refractivity contribution in [1.82, 2.24) is 31.6 Å². The number of carboxylic acid groups (broad SMARTS) is 1. The number of nitrogens with one attached hydrogen (secondary N) is 6. The number of para-hydroxylation sites is 1. The van der Waals surface area contributed by atoms with Crippen LogP contribution in [0.3, 0.4) is 0 Å². The number of amides is 5. The van der Waals surface area contributed by atoms with Crippen molar-refractivity contribution in [2.75, 3.05) is 19.6 Å². The standard InChI is InChI=1S/C40H59N13O8/c1-22(2)17-32(38(60)61)53-36(58)30(10-6-16-47-40(44)45)50-33(55)21-49-35(57)29(9-5-15-46-39(42)43)51-37(59)31(18-23-11-13-25(54)14-12-23)52-34(56)27(41)19-24-20-48-28-8-4-3-7-26(24)28/h3-4,7-8,11-14,20,22,27,29-32,48,54H,5-6,9-10,15-19,21,41H2,1-2H3,(H,49,57)(H,50,55)(H,51,59)(H,52,56)(H,53,58)(H,60,61)(H4,42,43,46)(H4,44,45,47)/t27-,29-,30-,31-,32-/m0/s1. The molecule has 61 heavy (non-hydrogen) atoms. The Balaban J connectivity index is 1.77. The van der Waals surface area contributed by atoms with Crippen LogP contribution in [0.15, 0.2) is 64.7 Å². The monoisotopic (exact) mass is 849 g/mol. The number of phenolic OH excluding ortho intramolecular Hbond substituents is 1. The van der Waals surface area contributed by atoms with E-state index >= 15 is 0 Å². The van der Waals surface area contributed by atoms with E-state index in [1.807, 2.05) is 24.3 Å². The van der Waals surface area contributed by atoms with Crippen molar-refractivity contribution in [1.29, 1.82) is 0 Å². The maximum atomic E-state index is 14.0. The number of nitrogens with zero attached hydrogens (tertiary/aromatic N) is 2. The number of nitrogens with two attached hydrogens (primary N) is 5. The lowest BCUT2D eigenvalue weighted by molar-refractivity contribution is -0.142. The first-order valence-electron chi connectivity index (χ1n) is 19.8. The Kier molecular flexibility index (Phi) is 19.3. The van der Waals surface area contributed by atoms with Crippen LogP contribution in [0.2, 0.25) is 0 Å². The fraction of sp³-hybridized carbons (Fsp3) is 0.450. The van der Waals surface area contributed by atoms with Gasteiger partial charge < -0.3 is 70.4 Å². The van der Waals surface area contributed by atoms with E-state index in [1.54, 1.807) is 32.2 Å². The molecule has 5 amide bonds. The lowest BCUT2D eigenvalue weighted by atomic mass is 10.0. The van der Waals surface area contributed by atoms with Crippen LogP contribution in [0.1, 0.15) is 57.1 Å². The Hall–Kier alpha value is -6.90. The maximum absolute atomic E-state index is 14.0. The van der Waals surface area contributed by atoms with E-state index in [0.29, 0.717) is 5.56 Å². The number of phenols is 1. The van der Waals surface area contributed by atoms with Crippen LogP contribution in [-0.2, 0) is 41.6 Å². The van der Waals surface area contributed by atoms with Gasteiger partial charge >= 0.3 is 5.97 Å². The van der Waals surface area contributed by atoms with Gasteiger partial charge in [0.1, 0.15) is 29.9 Å². The lowest BCUT2D eigenvalue weighted by Gasteiger charge is -2.25. The first kappa shape index (κ1) is 48.5. The van der Waals surface area contributed by atoms with Crippen LogP contribution in [0.5, 0.6) is 5.75 Å². The number of carboxylic acids is 1. The number of H-pyrrole nitrogens is 1. The van der Waals surface area contributed by atoms with E-state index in [4.69, 9.17) is 28.7 Å². The summed E-state index contributed by atoms with van der Waals surface area (Å²) >= 11 is 0. The second-order valence-electron chi connectivity index (χ2n) is 14.9. The van der Waals surface area contributed by atoms with Gasteiger partial charge in [0.2, 0.25) is 29.5 Å². The average molecular weight is 850 g/mol. The second-order valence-corrected chi connectivity index (χ2v) is 14.9. The molecular weight excluding hydrogens is 791 g/mol. The second kappa shape index (κ2) is 24.2. The molecule has 0 aliphatic rings. The number of rotatable bonds is 25. The van der Waals surface area contributed by atoms with Crippen LogP contribution >= 0.6 is 0 Å². The zero-order valence-electron chi connectivity index (χ0n) is 34.4. The average Bonchev–Trinajstić information content (AvgIpc) is 3.61. The highest BCUT2D eigenvalue weighted by Gasteiger charge is 2.30. The minimum Gasteiger partial charge on any atom is -0.508 e. The molecule has 21 heteroatoms. The van der Waals surface area contributed by atoms with Gasteiger partial charge in [-0.05, 0) is 73.8 Å². The van der Waals surface area contributed by atoms with Gasteiger partial charge in [-0.25, -0.2) is 4.79 Å². The number of hydrogen-bond acceptors (Lipinski definition) is 10. The van der Waals surface area contributed by atoms with Crippen LogP contribution in [0.4, 0.5) is 0 Å². The Labute approximate surface area is 353 Å². The van der Waals surface area contributed by atoms with Crippen molar-refractivity contribution in [3.05, 3.63) is 65.9 Å². The van der Waals surface area contributed by atoms with Gasteiger partial charge in [0.05, 0.1) is 12.6 Å². The molecule has 0 aliphatic carbocycles. The topological polar surface area (TPSA) is 374 Å². The van der Waals surface area contributed by atoms with E-state index in [0.717, 1.165) is 16.5 Å². The normalized spacial score (nSPS) is 13.4. The fourth-order valence-corrected chi connectivity index (χ4v) is 6.30. The zero-order chi connectivity index (χ0) is 45.1. The van der Waals surface area contributed by atoms with E-state index < -0.39 is 72.3 Å². The molecule has 1 aromatic heterocycles. The van der Waals surface area contributed by atoms with Crippen molar-refractivity contribution >= 4 is 58.3 Å². The molecule has 21 nitrogen and oxygen atoms in total. The number of aromatic hydroxyl groups is 1. The molecule has 3 aromatic rings. The molecule has 0 fully saturated rings. The summed E-state index contributed by atoms with van der Waals surface area (Å²) in [6.45, 7) is 3.18. The first-order chi connectivity index (χ1) is 28.9. The zero-order valence-corrected chi connectivity index (χ0v) is 34.4. The summed E-state index contributed by atoms with van der Waals surface area (Å²) < 4.78 is 0. The van der Waals surface area contributed by atoms with Crippen molar-refractivity contribution in [3.63, 3.8) is 0 Å². The van der Waals surface area contributed by atoms with Crippen LogP contribution in [-0.4, -0.2) is 112 Å². The number of aliphatic carboxylic acids is 1. The molecule has 1 heterocycles. The third-order valence-corrected chi connectivity index (χ3v) is 9.38. The highest BCUT2D eigenvalue weighted by atomic mass is 16.4. The summed E-state index contributed by atoms with van der Waals surface area (Å²) in [7, 11) is 0. The molecule has 0 unspecified atom stereocenters. The number of fused-ring (bicyclic) bond motifs is 1. The van der Waals surface area contributed by atoms with E-state index in [-0.39, 0.29) is 81.6 Å². The first-order valence-corrected chi connectivity index (χ1v) is 19.8. The van der Waals surface area contributed by atoms with E-state index in [2.05, 4.69) is 41.6 Å². The van der Waals surface area contributed by atoms with Gasteiger partial charge in [-0.1, -0.05) is 44.2 Å². The Morgan fingerprint density at radius 2 is 1.26 bits per heavy atom. The molecule has 332 valence electrons. The summed E-state index contributed by atoms with van der Waals surface area (Å²) in [5.74, 6) is -5.39. The number of hydrogen-bond donors (Lipinski definition) is 13. The van der Waals surface area contributed by atoms with Gasteiger partial charge in [0.25, 0.3) is 0 Å². The molecule has 18 N–H and O–H groups in total. The van der Waals surface area contributed by atoms with Crippen LogP contribution < -0.4 is 55.3 Å². The van der Waals surface area contributed by atoms with Gasteiger partial charge in [-0.2, -0.15) is 0 Å². The summed E-state index contributed by atoms with van der Waals surface area (Å²) in [5.41, 5.74) is 30.3. The van der Waals surface area contributed by atoms with E-state index in [9.17, 15) is 39.0 Å². The fourth-order valence-electron chi connectivity index (χ4n) is 6.30. The predicted molar refractivity (Wildman–Crippen MR) is 229 cm³/mol. The minimum absolute atomic E-state index is 0.00181. The molecule has 0 saturated heterocycles. The third-order valence-electron chi connectivity index (χ3n) is 9.38. The van der Waals surface area contributed by atoms with Crippen molar-refractivity contribution < 1.29 is 39.0 Å². The van der Waals surface area contributed by atoms with Crippen LogP contribution in [0.25, 0.3) is 10.9 Å². The Bertz CT molecular complexity index is 2010. The molecule has 0 saturated carbocycles. The molecule has 2 aromatic carbocycles. The van der Waals surface area contributed by atoms with Gasteiger partial charge in [-0.15, -0.1) is 0 Å².